The molecule has 0 unspecified atom stereocenters. The quantitative estimate of drug-likeness (QED) is 0.790. The second-order valence-corrected chi connectivity index (χ2v) is 5.17. The third-order valence-electron chi connectivity index (χ3n) is 2.74. The number of rotatable bonds is 5. The van der Waals surface area contributed by atoms with E-state index in [-0.39, 0.29) is 11.8 Å². The Balaban J connectivity index is 1.68. The molecule has 2 heterocycles. The number of carbonyl (C=O) groups is 1. The molecule has 4 nitrogen and oxygen atoms in total. The number of carbonyl (C=O) groups excluding carboxylic acids is 1. The summed E-state index contributed by atoms with van der Waals surface area (Å²) in [6, 6.07) is 0. The molecule has 2 rings (SSSR count). The van der Waals surface area contributed by atoms with Gasteiger partial charge in [-0.3, -0.25) is 4.79 Å². The Morgan fingerprint density at radius 2 is 2.50 bits per heavy atom. The van der Waals surface area contributed by atoms with Crippen molar-refractivity contribution < 1.29 is 4.79 Å². The van der Waals surface area contributed by atoms with Crippen LogP contribution in [-0.2, 0) is 17.6 Å². The molecule has 2 N–H and O–H groups in total. The summed E-state index contributed by atoms with van der Waals surface area (Å²) in [5, 5.41) is 7.15. The van der Waals surface area contributed by atoms with Crippen molar-refractivity contribution in [2.75, 3.05) is 19.6 Å². The van der Waals surface area contributed by atoms with E-state index in [0.29, 0.717) is 6.54 Å². The van der Waals surface area contributed by atoms with E-state index in [1.54, 1.807) is 11.3 Å². The predicted octanol–water partition coefficient (Wildman–Crippen LogP) is 0.584. The van der Waals surface area contributed by atoms with Gasteiger partial charge in [-0.1, -0.05) is 6.92 Å². The summed E-state index contributed by atoms with van der Waals surface area (Å²) in [6.07, 6.45) is 3.81. The van der Waals surface area contributed by atoms with E-state index in [0.717, 1.165) is 30.9 Å². The standard InChI is InChI=1S/C11H17N3OS/c1-2-9-7-14-10(16-9)3-4-13-11(15)8-5-12-6-8/h7-8,12H,2-6H2,1H3,(H,13,15). The first-order chi connectivity index (χ1) is 7.79. The van der Waals surface area contributed by atoms with Crippen LogP contribution in [0.5, 0.6) is 0 Å². The molecule has 1 aromatic heterocycles. The maximum atomic E-state index is 11.5. The van der Waals surface area contributed by atoms with Crippen LogP contribution < -0.4 is 10.6 Å². The van der Waals surface area contributed by atoms with Crippen LogP contribution in [0.2, 0.25) is 0 Å². The number of aryl methyl sites for hydroxylation is 1. The topological polar surface area (TPSA) is 54.0 Å². The number of thiazole rings is 1. The van der Waals surface area contributed by atoms with E-state index >= 15 is 0 Å². The lowest BCUT2D eigenvalue weighted by molar-refractivity contribution is -0.126. The van der Waals surface area contributed by atoms with Crippen LogP contribution in [0.1, 0.15) is 16.8 Å². The van der Waals surface area contributed by atoms with Crippen molar-refractivity contribution in [3.05, 3.63) is 16.1 Å². The zero-order chi connectivity index (χ0) is 11.4. The highest BCUT2D eigenvalue weighted by atomic mass is 32.1. The van der Waals surface area contributed by atoms with Gasteiger partial charge in [0.1, 0.15) is 0 Å². The third-order valence-corrected chi connectivity index (χ3v) is 3.94. The van der Waals surface area contributed by atoms with Gasteiger partial charge < -0.3 is 10.6 Å². The molecule has 0 bridgehead atoms. The molecule has 1 aliphatic heterocycles. The summed E-state index contributed by atoms with van der Waals surface area (Å²) in [4.78, 5) is 17.1. The van der Waals surface area contributed by atoms with Gasteiger partial charge in [-0.05, 0) is 6.42 Å². The number of amides is 1. The van der Waals surface area contributed by atoms with Crippen molar-refractivity contribution in [1.82, 2.24) is 15.6 Å². The van der Waals surface area contributed by atoms with Gasteiger partial charge in [0.05, 0.1) is 10.9 Å². The van der Waals surface area contributed by atoms with Gasteiger partial charge in [-0.15, -0.1) is 11.3 Å². The molecule has 88 valence electrons. The molecule has 1 amide bonds. The van der Waals surface area contributed by atoms with Crippen LogP contribution in [0.4, 0.5) is 0 Å². The van der Waals surface area contributed by atoms with Gasteiger partial charge in [0.2, 0.25) is 5.91 Å². The molecule has 0 radical (unpaired) electrons. The molecule has 16 heavy (non-hydrogen) atoms. The van der Waals surface area contributed by atoms with E-state index < -0.39 is 0 Å². The average Bonchev–Trinajstić information content (AvgIpc) is 2.63. The zero-order valence-corrected chi connectivity index (χ0v) is 10.3. The monoisotopic (exact) mass is 239 g/mol. The Morgan fingerprint density at radius 1 is 1.69 bits per heavy atom. The SMILES string of the molecule is CCc1cnc(CCNC(=O)C2CNC2)s1. The minimum Gasteiger partial charge on any atom is -0.355 e. The van der Waals surface area contributed by atoms with Crippen molar-refractivity contribution in [3.63, 3.8) is 0 Å². The van der Waals surface area contributed by atoms with E-state index in [1.807, 2.05) is 6.20 Å². The number of nitrogens with one attached hydrogen (secondary N) is 2. The normalized spacial score (nSPS) is 15.8. The van der Waals surface area contributed by atoms with Gasteiger partial charge in [0.25, 0.3) is 0 Å². The molecular weight excluding hydrogens is 222 g/mol. The molecule has 0 spiro atoms. The lowest BCUT2D eigenvalue weighted by Crippen LogP contribution is -2.51. The first-order valence-electron chi connectivity index (χ1n) is 5.71. The Bertz CT molecular complexity index is 360. The second kappa shape index (κ2) is 5.41. The van der Waals surface area contributed by atoms with E-state index in [2.05, 4.69) is 22.5 Å². The average molecular weight is 239 g/mol. The van der Waals surface area contributed by atoms with Gasteiger partial charge in [-0.25, -0.2) is 4.98 Å². The maximum Gasteiger partial charge on any atom is 0.225 e. The fraction of sp³-hybridized carbons (Fsp3) is 0.636. The first-order valence-corrected chi connectivity index (χ1v) is 6.53. The predicted molar refractivity (Wildman–Crippen MR) is 64.6 cm³/mol. The smallest absolute Gasteiger partial charge is 0.225 e. The Morgan fingerprint density at radius 3 is 3.06 bits per heavy atom. The summed E-state index contributed by atoms with van der Waals surface area (Å²) in [5.74, 6) is 0.355. The molecule has 1 aromatic rings. The van der Waals surface area contributed by atoms with Gasteiger partial charge in [0, 0.05) is 37.1 Å². The van der Waals surface area contributed by atoms with Crippen LogP contribution in [-0.4, -0.2) is 30.5 Å². The van der Waals surface area contributed by atoms with Gasteiger partial charge >= 0.3 is 0 Å². The van der Waals surface area contributed by atoms with Crippen LogP contribution in [0.15, 0.2) is 6.20 Å². The Labute approximate surface area is 99.5 Å². The first kappa shape index (κ1) is 11.5. The highest BCUT2D eigenvalue weighted by molar-refractivity contribution is 7.11. The summed E-state index contributed by atoms with van der Waals surface area (Å²) in [7, 11) is 0. The Hall–Kier alpha value is -0.940. The minimum atomic E-state index is 0.172. The molecule has 5 heteroatoms. The molecular formula is C11H17N3OS. The summed E-state index contributed by atoms with van der Waals surface area (Å²) < 4.78 is 0. The van der Waals surface area contributed by atoms with E-state index in [1.165, 1.54) is 4.88 Å². The van der Waals surface area contributed by atoms with Crippen molar-refractivity contribution in [2.45, 2.75) is 19.8 Å². The van der Waals surface area contributed by atoms with E-state index in [4.69, 9.17) is 0 Å². The number of nitrogens with zero attached hydrogens (tertiary/aromatic N) is 1. The molecule has 1 aliphatic rings. The van der Waals surface area contributed by atoms with Crippen LogP contribution in [0.25, 0.3) is 0 Å². The van der Waals surface area contributed by atoms with Crippen molar-refractivity contribution >= 4 is 17.2 Å². The van der Waals surface area contributed by atoms with Crippen molar-refractivity contribution in [3.8, 4) is 0 Å². The summed E-state index contributed by atoms with van der Waals surface area (Å²) in [6.45, 7) is 4.47. The molecule has 1 saturated heterocycles. The lowest BCUT2D eigenvalue weighted by Gasteiger charge is -2.25. The maximum absolute atomic E-state index is 11.5. The lowest BCUT2D eigenvalue weighted by atomic mass is 10.0. The molecule has 0 aromatic carbocycles. The zero-order valence-electron chi connectivity index (χ0n) is 9.45. The van der Waals surface area contributed by atoms with Crippen molar-refractivity contribution in [1.29, 1.82) is 0 Å². The second-order valence-electron chi connectivity index (χ2n) is 3.97. The van der Waals surface area contributed by atoms with Crippen LogP contribution in [0.3, 0.4) is 0 Å². The van der Waals surface area contributed by atoms with Crippen LogP contribution in [0, 0.1) is 5.92 Å². The van der Waals surface area contributed by atoms with Crippen LogP contribution >= 0.6 is 11.3 Å². The molecule has 0 aliphatic carbocycles. The number of aromatic nitrogens is 1. The fourth-order valence-corrected chi connectivity index (χ4v) is 2.40. The van der Waals surface area contributed by atoms with Crippen molar-refractivity contribution in [2.24, 2.45) is 5.92 Å². The van der Waals surface area contributed by atoms with Gasteiger partial charge in [-0.2, -0.15) is 0 Å². The fourth-order valence-electron chi connectivity index (χ4n) is 1.54. The molecule has 0 saturated carbocycles. The largest absolute Gasteiger partial charge is 0.355 e. The summed E-state index contributed by atoms with van der Waals surface area (Å²) in [5.41, 5.74) is 0. The minimum absolute atomic E-state index is 0.172. The molecule has 1 fully saturated rings. The highest BCUT2D eigenvalue weighted by Gasteiger charge is 2.24. The number of hydrogen-bond acceptors (Lipinski definition) is 4. The number of hydrogen-bond donors (Lipinski definition) is 2. The summed E-state index contributed by atoms with van der Waals surface area (Å²) >= 11 is 1.74. The molecule has 0 atom stereocenters. The van der Waals surface area contributed by atoms with E-state index in [9.17, 15) is 4.79 Å². The Kier molecular flexibility index (Phi) is 3.90. The third kappa shape index (κ3) is 2.80. The van der Waals surface area contributed by atoms with Gasteiger partial charge in [0.15, 0.2) is 0 Å². The highest BCUT2D eigenvalue weighted by Crippen LogP contribution is 2.13.